The summed E-state index contributed by atoms with van der Waals surface area (Å²) in [5, 5.41) is 66.0. The van der Waals surface area contributed by atoms with E-state index in [1.165, 1.54) is 79.4 Å². The van der Waals surface area contributed by atoms with E-state index in [0.717, 1.165) is 0 Å². The molecule has 1 fully saturated rings. The smallest absolute Gasteiger partial charge is 0.249 e. The summed E-state index contributed by atoms with van der Waals surface area (Å²) in [4.78, 5) is 53.7. The Morgan fingerprint density at radius 3 is 1.89 bits per heavy atom. The second kappa shape index (κ2) is 22.3. The minimum Gasteiger partial charge on any atom is -0.506 e. The standard InChI is InChI=1S/C46H52N10O12S2/c1-26(50-43(61)27(2)57)46(64)56-20-6-9-35(56)45(63)51-34(23-28-7-4-3-5-8-28)44(62)49-19-22-70(67,68)33-16-12-30(13-17-33)52-54-40-36(58)24-29-25-37(59)41(42(60)38(29)39(40)48)55-53-31-10-14-32(15-11-31)69(65,66)21-18-47/h3-5,7-8,10-17,24-27,34-35,57-60H,6,9,18-23,47-48H2,1-2H3,(H,49,62)(H,50,61)(H,51,63). The molecule has 1 saturated heterocycles. The molecule has 0 saturated carbocycles. The molecule has 4 amide bonds. The number of nitrogens with one attached hydrogen (secondary N) is 3. The third-order valence-electron chi connectivity index (χ3n) is 11.2. The molecule has 0 spiro atoms. The molecule has 6 rings (SSSR count). The number of likely N-dealkylation sites (tertiary alicyclic amines) is 1. The zero-order chi connectivity index (χ0) is 50.9. The molecule has 5 aromatic rings. The van der Waals surface area contributed by atoms with Crippen LogP contribution in [0.2, 0.25) is 0 Å². The highest BCUT2D eigenvalue weighted by Gasteiger charge is 2.38. The van der Waals surface area contributed by atoms with Gasteiger partial charge in [0.2, 0.25) is 23.6 Å². The maximum atomic E-state index is 13.6. The number of benzene rings is 5. The van der Waals surface area contributed by atoms with E-state index < -0.39 is 96.2 Å². The molecule has 1 aliphatic rings. The van der Waals surface area contributed by atoms with Crippen LogP contribution in [0, 0.1) is 0 Å². The number of azo groups is 2. The molecule has 0 bridgehead atoms. The van der Waals surface area contributed by atoms with E-state index in [1.54, 1.807) is 30.3 Å². The van der Waals surface area contributed by atoms with Crippen LogP contribution in [-0.4, -0.2) is 121 Å². The molecule has 11 N–H and O–H groups in total. The minimum atomic E-state index is -4.00. The predicted octanol–water partition coefficient (Wildman–Crippen LogP) is 3.60. The number of carbonyl (C=O) groups excluding carboxylic acids is 4. The highest BCUT2D eigenvalue weighted by molar-refractivity contribution is 7.91. The summed E-state index contributed by atoms with van der Waals surface area (Å²) in [6.45, 7) is 2.54. The summed E-state index contributed by atoms with van der Waals surface area (Å²) in [6, 6.07) is 18.6. The molecule has 5 aromatic carbocycles. The first-order valence-electron chi connectivity index (χ1n) is 21.8. The van der Waals surface area contributed by atoms with Crippen LogP contribution in [0.4, 0.5) is 28.4 Å². The van der Waals surface area contributed by atoms with Crippen LogP contribution in [0.15, 0.2) is 121 Å². The quantitative estimate of drug-likeness (QED) is 0.0422. The fourth-order valence-corrected chi connectivity index (χ4v) is 9.74. The van der Waals surface area contributed by atoms with Gasteiger partial charge in [-0.3, -0.25) is 19.2 Å². The zero-order valence-corrected chi connectivity index (χ0v) is 39.5. The van der Waals surface area contributed by atoms with Crippen molar-refractivity contribution in [1.29, 1.82) is 0 Å². The van der Waals surface area contributed by atoms with E-state index >= 15 is 0 Å². The van der Waals surface area contributed by atoms with Gasteiger partial charge >= 0.3 is 0 Å². The summed E-state index contributed by atoms with van der Waals surface area (Å²) < 4.78 is 51.4. The molecule has 1 heterocycles. The van der Waals surface area contributed by atoms with Crippen molar-refractivity contribution in [2.24, 2.45) is 26.2 Å². The molecule has 1 aliphatic heterocycles. The third-order valence-corrected chi connectivity index (χ3v) is 14.7. The van der Waals surface area contributed by atoms with Crippen molar-refractivity contribution in [3.63, 3.8) is 0 Å². The number of hydrogen-bond acceptors (Lipinski definition) is 18. The first-order chi connectivity index (χ1) is 33.2. The number of nitrogens with zero attached hydrogens (tertiary/aromatic N) is 5. The number of nitrogens with two attached hydrogens (primary N) is 2. The highest BCUT2D eigenvalue weighted by Crippen LogP contribution is 2.50. The first-order valence-corrected chi connectivity index (χ1v) is 25.1. The van der Waals surface area contributed by atoms with Crippen molar-refractivity contribution in [2.45, 2.75) is 67.1 Å². The minimum absolute atomic E-state index is 0.0272. The normalized spacial score (nSPS) is 15.5. The van der Waals surface area contributed by atoms with E-state index in [9.17, 15) is 56.4 Å². The topological polar surface area (TPSA) is 358 Å². The maximum absolute atomic E-state index is 13.6. The maximum Gasteiger partial charge on any atom is 0.249 e. The van der Waals surface area contributed by atoms with Crippen LogP contribution >= 0.6 is 0 Å². The Kier molecular flexibility index (Phi) is 16.5. The van der Waals surface area contributed by atoms with Crippen molar-refractivity contribution in [1.82, 2.24) is 20.9 Å². The van der Waals surface area contributed by atoms with Crippen molar-refractivity contribution < 1.29 is 56.4 Å². The van der Waals surface area contributed by atoms with Gasteiger partial charge in [-0.15, -0.1) is 10.2 Å². The van der Waals surface area contributed by atoms with Crippen molar-refractivity contribution in [3.8, 4) is 17.2 Å². The SMILES string of the molecule is CC(O)C(=O)NC(C)C(=O)N1CCCC1C(=O)NC(Cc1ccccc1)C(=O)NCCS(=O)(=O)c1ccc(N=Nc2c(O)cc3cc(O)c(N=Nc4ccc(S(=O)(=O)CCN)cc4)c(O)c3c2N)cc1. The number of hydrogen-bond donors (Lipinski definition) is 9. The average molecular weight is 1000 g/mol. The van der Waals surface area contributed by atoms with Crippen LogP contribution in [0.1, 0.15) is 32.3 Å². The number of nitrogen functional groups attached to an aromatic ring is 1. The van der Waals surface area contributed by atoms with Crippen LogP contribution in [0.3, 0.4) is 0 Å². The second-order valence-corrected chi connectivity index (χ2v) is 20.5. The first kappa shape index (κ1) is 51.8. The largest absolute Gasteiger partial charge is 0.506 e. The van der Waals surface area contributed by atoms with Crippen molar-refractivity contribution >= 4 is 82.5 Å². The fourth-order valence-electron chi connectivity index (χ4n) is 7.49. The van der Waals surface area contributed by atoms with E-state index in [-0.39, 0.29) is 75.1 Å². The molecule has 4 atom stereocenters. The number of aromatic hydroxyl groups is 3. The Morgan fingerprint density at radius 1 is 0.757 bits per heavy atom. The fraction of sp³-hybridized carbons (Fsp3) is 0.304. The molecule has 70 heavy (non-hydrogen) atoms. The molecule has 0 aliphatic carbocycles. The Labute approximate surface area is 402 Å². The van der Waals surface area contributed by atoms with Gasteiger partial charge in [-0.2, -0.15) is 10.2 Å². The van der Waals surface area contributed by atoms with Crippen molar-refractivity contribution in [2.75, 3.05) is 36.9 Å². The zero-order valence-electron chi connectivity index (χ0n) is 37.9. The molecule has 0 aromatic heterocycles. The highest BCUT2D eigenvalue weighted by atomic mass is 32.2. The molecule has 0 radical (unpaired) electrons. The lowest BCUT2D eigenvalue weighted by Gasteiger charge is -2.29. The van der Waals surface area contributed by atoms with Gasteiger partial charge in [0, 0.05) is 26.1 Å². The lowest BCUT2D eigenvalue weighted by atomic mass is 10.0. The van der Waals surface area contributed by atoms with Gasteiger partial charge in [0.15, 0.2) is 36.8 Å². The number of aliphatic hydroxyl groups is 1. The lowest BCUT2D eigenvalue weighted by molar-refractivity contribution is -0.142. The Balaban J connectivity index is 1.11. The van der Waals surface area contributed by atoms with E-state index in [0.29, 0.717) is 18.4 Å². The number of carbonyl (C=O) groups is 4. The van der Waals surface area contributed by atoms with Crippen molar-refractivity contribution in [3.05, 3.63) is 96.6 Å². The second-order valence-electron chi connectivity index (χ2n) is 16.3. The van der Waals surface area contributed by atoms with Crippen LogP contribution in [0.25, 0.3) is 10.8 Å². The Hall–Kier alpha value is -7.54. The molecule has 4 unspecified atom stereocenters. The Morgan fingerprint density at radius 2 is 1.31 bits per heavy atom. The Bertz CT molecular complexity index is 3050. The number of phenols is 3. The summed E-state index contributed by atoms with van der Waals surface area (Å²) in [5.74, 6) is -4.93. The summed E-state index contributed by atoms with van der Waals surface area (Å²) >= 11 is 0. The number of phenolic OH excluding ortho intramolecular Hbond substituents is 3. The number of aliphatic hydroxyl groups excluding tert-OH is 1. The van der Waals surface area contributed by atoms with Gasteiger partial charge in [-0.25, -0.2) is 16.8 Å². The van der Waals surface area contributed by atoms with Gasteiger partial charge in [0.05, 0.1) is 43.7 Å². The molecule has 22 nitrogen and oxygen atoms in total. The van der Waals surface area contributed by atoms with Gasteiger partial charge in [0.25, 0.3) is 0 Å². The van der Waals surface area contributed by atoms with E-state index in [4.69, 9.17) is 11.5 Å². The predicted molar refractivity (Wildman–Crippen MR) is 257 cm³/mol. The van der Waals surface area contributed by atoms with Gasteiger partial charge < -0.3 is 52.7 Å². The molecular formula is C46H52N10O12S2. The summed E-state index contributed by atoms with van der Waals surface area (Å²) in [5.41, 5.74) is 11.8. The number of sulfone groups is 2. The van der Waals surface area contributed by atoms with Crippen LogP contribution in [-0.2, 0) is 45.3 Å². The number of amides is 4. The summed E-state index contributed by atoms with van der Waals surface area (Å²) in [7, 11) is -7.59. The van der Waals surface area contributed by atoms with Crippen LogP contribution < -0.4 is 27.4 Å². The van der Waals surface area contributed by atoms with Gasteiger partial charge in [-0.05, 0) is 98.3 Å². The van der Waals surface area contributed by atoms with Crippen LogP contribution in [0.5, 0.6) is 17.2 Å². The summed E-state index contributed by atoms with van der Waals surface area (Å²) in [6.07, 6.45) is -0.504. The molecule has 370 valence electrons. The number of fused-ring (bicyclic) bond motifs is 1. The van der Waals surface area contributed by atoms with E-state index in [1.807, 2.05) is 0 Å². The van der Waals surface area contributed by atoms with Gasteiger partial charge in [0.1, 0.15) is 35.7 Å². The number of rotatable bonds is 19. The van der Waals surface area contributed by atoms with E-state index in [2.05, 4.69) is 36.4 Å². The number of anilines is 1. The monoisotopic (exact) mass is 1000 g/mol. The molecular weight excluding hydrogens is 949 g/mol. The third kappa shape index (κ3) is 12.4. The van der Waals surface area contributed by atoms with Gasteiger partial charge in [-0.1, -0.05) is 30.3 Å². The lowest BCUT2D eigenvalue weighted by Crippen LogP contribution is -2.56. The molecule has 24 heteroatoms. The average Bonchev–Trinajstić information content (AvgIpc) is 3.82.